The first-order valence-corrected chi connectivity index (χ1v) is 7.14. The quantitative estimate of drug-likeness (QED) is 0.805. The second-order valence-corrected chi connectivity index (χ2v) is 5.64. The van der Waals surface area contributed by atoms with Crippen molar-refractivity contribution in [1.29, 1.82) is 0 Å². The van der Waals surface area contributed by atoms with Crippen molar-refractivity contribution in [3.8, 4) is 0 Å². The Labute approximate surface area is 130 Å². The first-order chi connectivity index (χ1) is 9.90. The predicted octanol–water partition coefficient (Wildman–Crippen LogP) is 4.31. The number of nitrogens with zero attached hydrogens (tertiary/aromatic N) is 1. The first kappa shape index (κ1) is 15.6. The Morgan fingerprint density at radius 2 is 1.90 bits per heavy atom. The molecule has 21 heavy (non-hydrogen) atoms. The van der Waals surface area contributed by atoms with Crippen LogP contribution in [0.15, 0.2) is 40.9 Å². The summed E-state index contributed by atoms with van der Waals surface area (Å²) in [6, 6.07) is 9.06. The molecule has 0 atom stereocenters. The van der Waals surface area contributed by atoms with Crippen molar-refractivity contribution >= 4 is 21.8 Å². The van der Waals surface area contributed by atoms with Crippen LogP contribution in [0.1, 0.15) is 21.5 Å². The predicted molar refractivity (Wildman–Crippen MR) is 81.0 cm³/mol. The molecular weight excluding hydrogens is 340 g/mol. The Morgan fingerprint density at radius 3 is 2.57 bits per heavy atom. The Balaban J connectivity index is 2.19. The zero-order valence-electron chi connectivity index (χ0n) is 11.7. The van der Waals surface area contributed by atoms with Crippen LogP contribution in [0.5, 0.6) is 0 Å². The maximum atomic E-state index is 13.2. The third kappa shape index (κ3) is 3.47. The van der Waals surface area contributed by atoms with Gasteiger partial charge in [-0.25, -0.2) is 8.78 Å². The molecule has 0 saturated carbocycles. The zero-order valence-corrected chi connectivity index (χ0v) is 13.2. The van der Waals surface area contributed by atoms with Crippen LogP contribution < -0.4 is 0 Å². The molecule has 0 aliphatic heterocycles. The molecule has 0 aliphatic carbocycles. The number of hydrogen-bond acceptors (Lipinski definition) is 1. The van der Waals surface area contributed by atoms with Gasteiger partial charge in [-0.05, 0) is 52.2 Å². The van der Waals surface area contributed by atoms with E-state index in [1.807, 2.05) is 13.0 Å². The smallest absolute Gasteiger partial charge is 0.255 e. The molecule has 110 valence electrons. The van der Waals surface area contributed by atoms with Gasteiger partial charge in [-0.2, -0.15) is 0 Å². The van der Waals surface area contributed by atoms with E-state index < -0.39 is 11.6 Å². The summed E-state index contributed by atoms with van der Waals surface area (Å²) in [5.41, 5.74) is 2.04. The van der Waals surface area contributed by atoms with E-state index in [0.717, 1.165) is 22.2 Å². The SMILES string of the molecule is Cc1cccc(C(=O)N(C)Cc2ccc(F)c(F)c2)c1Br. The van der Waals surface area contributed by atoms with Gasteiger partial charge in [-0.1, -0.05) is 18.2 Å². The van der Waals surface area contributed by atoms with Gasteiger partial charge in [0.25, 0.3) is 5.91 Å². The molecule has 1 amide bonds. The van der Waals surface area contributed by atoms with Crippen LogP contribution in [-0.4, -0.2) is 17.9 Å². The molecule has 0 aliphatic rings. The average Bonchev–Trinajstić information content (AvgIpc) is 2.45. The molecule has 0 fully saturated rings. The van der Waals surface area contributed by atoms with Gasteiger partial charge in [-0.3, -0.25) is 4.79 Å². The molecular formula is C16H14BrF2NO. The molecule has 0 aromatic heterocycles. The molecule has 2 aromatic carbocycles. The van der Waals surface area contributed by atoms with Gasteiger partial charge < -0.3 is 4.90 Å². The summed E-state index contributed by atoms with van der Waals surface area (Å²) in [5.74, 6) is -1.99. The molecule has 2 rings (SSSR count). The van der Waals surface area contributed by atoms with Crippen molar-refractivity contribution in [2.45, 2.75) is 13.5 Å². The highest BCUT2D eigenvalue weighted by atomic mass is 79.9. The summed E-state index contributed by atoms with van der Waals surface area (Å²) in [4.78, 5) is 13.9. The van der Waals surface area contributed by atoms with E-state index in [0.29, 0.717) is 11.1 Å². The second-order valence-electron chi connectivity index (χ2n) is 4.85. The normalized spacial score (nSPS) is 10.5. The van der Waals surface area contributed by atoms with Crippen LogP contribution >= 0.6 is 15.9 Å². The van der Waals surface area contributed by atoms with Gasteiger partial charge >= 0.3 is 0 Å². The number of hydrogen-bond donors (Lipinski definition) is 0. The van der Waals surface area contributed by atoms with Crippen LogP contribution in [-0.2, 0) is 6.54 Å². The molecule has 0 unspecified atom stereocenters. The average molecular weight is 354 g/mol. The van der Waals surface area contributed by atoms with Gasteiger partial charge in [0.2, 0.25) is 0 Å². The summed E-state index contributed by atoms with van der Waals surface area (Å²) in [6.07, 6.45) is 0. The highest BCUT2D eigenvalue weighted by Crippen LogP contribution is 2.22. The lowest BCUT2D eigenvalue weighted by molar-refractivity contribution is 0.0784. The van der Waals surface area contributed by atoms with Crippen LogP contribution in [0.3, 0.4) is 0 Å². The first-order valence-electron chi connectivity index (χ1n) is 6.34. The van der Waals surface area contributed by atoms with Gasteiger partial charge in [0.1, 0.15) is 0 Å². The fourth-order valence-electron chi connectivity index (χ4n) is 2.00. The Morgan fingerprint density at radius 1 is 1.19 bits per heavy atom. The minimum Gasteiger partial charge on any atom is -0.337 e. The second kappa shape index (κ2) is 6.35. The van der Waals surface area contributed by atoms with Crippen LogP contribution in [0.25, 0.3) is 0 Å². The van der Waals surface area contributed by atoms with Gasteiger partial charge in [0, 0.05) is 18.1 Å². The van der Waals surface area contributed by atoms with E-state index in [1.165, 1.54) is 11.0 Å². The van der Waals surface area contributed by atoms with Crippen molar-refractivity contribution in [1.82, 2.24) is 4.90 Å². The van der Waals surface area contributed by atoms with E-state index in [1.54, 1.807) is 19.2 Å². The number of carbonyl (C=O) groups is 1. The van der Waals surface area contributed by atoms with Crippen LogP contribution in [0.4, 0.5) is 8.78 Å². The van der Waals surface area contributed by atoms with Crippen molar-refractivity contribution in [2.24, 2.45) is 0 Å². The van der Waals surface area contributed by atoms with E-state index in [9.17, 15) is 13.6 Å². The van der Waals surface area contributed by atoms with Crippen LogP contribution in [0, 0.1) is 18.6 Å². The lowest BCUT2D eigenvalue weighted by Crippen LogP contribution is -2.26. The number of rotatable bonds is 3. The summed E-state index contributed by atoms with van der Waals surface area (Å²) in [7, 11) is 1.62. The topological polar surface area (TPSA) is 20.3 Å². The van der Waals surface area contributed by atoms with Gasteiger partial charge in [-0.15, -0.1) is 0 Å². The summed E-state index contributed by atoms with van der Waals surface area (Å²) >= 11 is 3.40. The van der Waals surface area contributed by atoms with Crippen LogP contribution in [0.2, 0.25) is 0 Å². The zero-order chi connectivity index (χ0) is 15.6. The number of benzene rings is 2. The van der Waals surface area contributed by atoms with E-state index in [-0.39, 0.29) is 12.5 Å². The van der Waals surface area contributed by atoms with E-state index in [2.05, 4.69) is 15.9 Å². The molecule has 0 radical (unpaired) electrons. The number of carbonyl (C=O) groups excluding carboxylic acids is 1. The molecule has 5 heteroatoms. The summed E-state index contributed by atoms with van der Waals surface area (Å²) in [6.45, 7) is 2.10. The fraction of sp³-hybridized carbons (Fsp3) is 0.188. The maximum absolute atomic E-state index is 13.2. The fourth-order valence-corrected chi connectivity index (χ4v) is 2.44. The van der Waals surface area contributed by atoms with Crippen molar-refractivity contribution < 1.29 is 13.6 Å². The highest BCUT2D eigenvalue weighted by Gasteiger charge is 2.16. The largest absolute Gasteiger partial charge is 0.337 e. The molecule has 2 aromatic rings. The monoisotopic (exact) mass is 353 g/mol. The highest BCUT2D eigenvalue weighted by molar-refractivity contribution is 9.10. The third-order valence-corrected chi connectivity index (χ3v) is 4.23. The molecule has 2 nitrogen and oxygen atoms in total. The van der Waals surface area contributed by atoms with Crippen molar-refractivity contribution in [3.63, 3.8) is 0 Å². The van der Waals surface area contributed by atoms with Crippen molar-refractivity contribution in [3.05, 3.63) is 69.2 Å². The number of amides is 1. The summed E-state index contributed by atoms with van der Waals surface area (Å²) in [5, 5.41) is 0. The van der Waals surface area contributed by atoms with E-state index >= 15 is 0 Å². The van der Waals surface area contributed by atoms with Crippen molar-refractivity contribution in [2.75, 3.05) is 7.05 Å². The molecule has 0 spiro atoms. The Bertz CT molecular complexity index is 688. The lowest BCUT2D eigenvalue weighted by Gasteiger charge is -2.18. The Kier molecular flexibility index (Phi) is 4.73. The summed E-state index contributed by atoms with van der Waals surface area (Å²) < 4.78 is 26.8. The lowest BCUT2D eigenvalue weighted by atomic mass is 10.1. The molecule has 0 heterocycles. The Hall–Kier alpha value is -1.75. The molecule has 0 bridgehead atoms. The molecule has 0 N–H and O–H groups in total. The third-order valence-electron chi connectivity index (χ3n) is 3.17. The minimum atomic E-state index is -0.912. The number of aryl methyl sites for hydroxylation is 1. The van der Waals surface area contributed by atoms with E-state index in [4.69, 9.17) is 0 Å². The minimum absolute atomic E-state index is 0.185. The van der Waals surface area contributed by atoms with Gasteiger partial charge in [0.15, 0.2) is 11.6 Å². The van der Waals surface area contributed by atoms with Gasteiger partial charge in [0.05, 0.1) is 5.56 Å². The number of halogens is 3. The maximum Gasteiger partial charge on any atom is 0.255 e. The molecule has 0 saturated heterocycles. The standard InChI is InChI=1S/C16H14BrF2NO/c1-10-4-3-5-12(15(10)17)16(21)20(2)9-11-6-7-13(18)14(19)8-11/h3-8H,9H2,1-2H3.